The van der Waals surface area contributed by atoms with E-state index in [1.807, 2.05) is 36.4 Å². The summed E-state index contributed by atoms with van der Waals surface area (Å²) in [4.78, 5) is 8.78. The number of rotatable bonds is 6. The molecule has 0 radical (unpaired) electrons. The second-order valence-electron chi connectivity index (χ2n) is 11.2. The van der Waals surface area contributed by atoms with Gasteiger partial charge in [-0.2, -0.15) is 0 Å². The maximum atomic E-state index is 5.07. The number of nitrogens with zero attached hydrogens (tertiary/aromatic N) is 4. The van der Waals surface area contributed by atoms with Crippen molar-refractivity contribution in [2.45, 2.75) is 13.6 Å². The van der Waals surface area contributed by atoms with Gasteiger partial charge in [0.2, 0.25) is 0 Å². The van der Waals surface area contributed by atoms with E-state index in [4.69, 9.17) is 4.99 Å². The van der Waals surface area contributed by atoms with Crippen molar-refractivity contribution in [3.05, 3.63) is 169 Å². The minimum atomic E-state index is 0.556. The number of hydrogen-bond donors (Lipinski definition) is 0. The number of aromatic nitrogens is 2. The molecule has 0 N–H and O–H groups in total. The van der Waals surface area contributed by atoms with Crippen LogP contribution in [0.1, 0.15) is 18.1 Å². The lowest BCUT2D eigenvalue weighted by molar-refractivity contribution is 0.793. The van der Waals surface area contributed by atoms with Crippen LogP contribution in [0.25, 0.3) is 55.0 Å². The quantitative estimate of drug-likeness (QED) is 0.172. The van der Waals surface area contributed by atoms with Gasteiger partial charge in [0.25, 0.3) is 0 Å². The van der Waals surface area contributed by atoms with Gasteiger partial charge in [-0.3, -0.25) is 9.98 Å². The smallest absolute Gasteiger partial charge is 0.115 e. The summed E-state index contributed by atoms with van der Waals surface area (Å²) >= 11 is 0. The predicted octanol–water partition coefficient (Wildman–Crippen LogP) is 10.7. The predicted molar refractivity (Wildman–Crippen MR) is 197 cm³/mol. The van der Waals surface area contributed by atoms with E-state index in [9.17, 15) is 0 Å². The van der Waals surface area contributed by atoms with Gasteiger partial charge in [-0.15, -0.1) is 0 Å². The maximum absolute atomic E-state index is 5.07. The molecule has 0 aliphatic heterocycles. The SMILES string of the molecule is C/C(=N\Cn1c2ccccc2c2ccc3c4ccccc4n(-c4ccccc4)c3c21)c1ccccc1.C=NC(=C)c1ccccc1. The van der Waals surface area contributed by atoms with Crippen molar-refractivity contribution in [3.8, 4) is 5.69 Å². The summed E-state index contributed by atoms with van der Waals surface area (Å²) < 4.78 is 4.80. The molecule has 2 heterocycles. The fourth-order valence-corrected chi connectivity index (χ4v) is 6.25. The van der Waals surface area contributed by atoms with Gasteiger partial charge >= 0.3 is 0 Å². The normalized spacial score (nSPS) is 11.5. The summed E-state index contributed by atoms with van der Waals surface area (Å²) in [7, 11) is 0. The number of aliphatic imine (C=N–C) groups is 2. The van der Waals surface area contributed by atoms with Crippen LogP contribution in [0.5, 0.6) is 0 Å². The van der Waals surface area contributed by atoms with Crippen molar-refractivity contribution >= 4 is 61.7 Å². The van der Waals surface area contributed by atoms with Crippen LogP contribution in [0.4, 0.5) is 0 Å². The molecule has 0 bridgehead atoms. The average Bonchev–Trinajstić information content (AvgIpc) is 3.64. The van der Waals surface area contributed by atoms with Gasteiger partial charge in [-0.25, -0.2) is 0 Å². The highest BCUT2D eigenvalue weighted by molar-refractivity contribution is 6.23. The Morgan fingerprint density at radius 3 is 1.67 bits per heavy atom. The van der Waals surface area contributed by atoms with Crippen molar-refractivity contribution in [1.29, 1.82) is 0 Å². The molecule has 0 saturated heterocycles. The molecule has 0 spiro atoms. The van der Waals surface area contributed by atoms with E-state index in [0.717, 1.165) is 28.2 Å². The Bertz CT molecular complexity index is 2360. The molecule has 0 aliphatic rings. The van der Waals surface area contributed by atoms with Crippen LogP contribution in [0.2, 0.25) is 0 Å². The van der Waals surface area contributed by atoms with Crippen LogP contribution >= 0.6 is 0 Å². The molecule has 0 unspecified atom stereocenters. The van der Waals surface area contributed by atoms with Crippen LogP contribution in [0, 0.1) is 0 Å². The molecule has 0 aliphatic carbocycles. The largest absolute Gasteiger partial charge is 0.318 e. The lowest BCUT2D eigenvalue weighted by Gasteiger charge is -2.11. The topological polar surface area (TPSA) is 34.6 Å². The third kappa shape index (κ3) is 5.20. The van der Waals surface area contributed by atoms with Gasteiger partial charge in [0.05, 0.1) is 27.8 Å². The zero-order chi connectivity index (χ0) is 31.5. The molecule has 0 amide bonds. The Hall–Kier alpha value is -6.00. The minimum Gasteiger partial charge on any atom is -0.318 e. The second-order valence-corrected chi connectivity index (χ2v) is 11.2. The highest BCUT2D eigenvalue weighted by atomic mass is 15.1. The van der Waals surface area contributed by atoms with Gasteiger partial charge in [0.1, 0.15) is 6.67 Å². The summed E-state index contributed by atoms with van der Waals surface area (Å²) in [5.74, 6) is 0. The van der Waals surface area contributed by atoms with E-state index in [-0.39, 0.29) is 0 Å². The second kappa shape index (κ2) is 12.5. The first-order valence-electron chi connectivity index (χ1n) is 15.4. The van der Waals surface area contributed by atoms with E-state index in [0.29, 0.717) is 6.67 Å². The fraction of sp³-hybridized carbons (Fsp3) is 0.0476. The summed E-state index contributed by atoms with van der Waals surface area (Å²) in [5, 5.41) is 5.03. The molecule has 8 rings (SSSR count). The molecule has 46 heavy (non-hydrogen) atoms. The molecule has 222 valence electrons. The number of benzene rings is 6. The van der Waals surface area contributed by atoms with Crippen molar-refractivity contribution in [1.82, 2.24) is 9.13 Å². The van der Waals surface area contributed by atoms with Crippen molar-refractivity contribution in [2.75, 3.05) is 0 Å². The molecule has 8 aromatic rings. The maximum Gasteiger partial charge on any atom is 0.115 e. The Morgan fingerprint density at radius 2 is 1.04 bits per heavy atom. The standard InChI is InChI=1S/C33H25N3.C9H9N/c1-23(24-12-4-2-5-13-24)34-22-35-30-18-10-8-16-26(30)28-20-21-29-27-17-9-11-19-31(27)36(33(29)32(28)35)25-14-6-3-7-15-25;1-8(10-2)9-6-4-3-5-7-9/h2-21H,22H2,1H3;3-7H,1-2H2/b34-23+;. The first-order valence-corrected chi connectivity index (χ1v) is 15.4. The Labute approximate surface area is 268 Å². The van der Waals surface area contributed by atoms with Gasteiger partial charge in [0.15, 0.2) is 0 Å². The molecule has 4 heteroatoms. The third-order valence-corrected chi connectivity index (χ3v) is 8.52. The van der Waals surface area contributed by atoms with E-state index in [2.05, 4.69) is 150 Å². The lowest BCUT2D eigenvalue weighted by atomic mass is 10.1. The molecule has 0 atom stereocenters. The monoisotopic (exact) mass is 594 g/mol. The van der Waals surface area contributed by atoms with Crippen LogP contribution in [0.15, 0.2) is 168 Å². The molecule has 0 fully saturated rings. The van der Waals surface area contributed by atoms with E-state index < -0.39 is 0 Å². The van der Waals surface area contributed by atoms with E-state index >= 15 is 0 Å². The first-order chi connectivity index (χ1) is 22.7. The minimum absolute atomic E-state index is 0.556. The zero-order valence-corrected chi connectivity index (χ0v) is 25.8. The highest BCUT2D eigenvalue weighted by Gasteiger charge is 2.19. The summed E-state index contributed by atoms with van der Waals surface area (Å²) in [6, 6.07) is 52.8. The molecule has 6 aromatic carbocycles. The zero-order valence-electron chi connectivity index (χ0n) is 25.8. The highest BCUT2D eigenvalue weighted by Crippen LogP contribution is 2.40. The van der Waals surface area contributed by atoms with E-state index in [1.54, 1.807) is 0 Å². The van der Waals surface area contributed by atoms with Crippen LogP contribution in [-0.2, 0) is 6.67 Å². The summed E-state index contributed by atoms with van der Waals surface area (Å²) in [5.41, 5.74) is 9.97. The molecular formula is C42H34N4. The van der Waals surface area contributed by atoms with Crippen LogP contribution in [0.3, 0.4) is 0 Å². The molecule has 4 nitrogen and oxygen atoms in total. The Morgan fingerprint density at radius 1 is 0.543 bits per heavy atom. The van der Waals surface area contributed by atoms with Crippen LogP contribution in [-0.4, -0.2) is 21.6 Å². The van der Waals surface area contributed by atoms with E-state index in [1.165, 1.54) is 43.6 Å². The summed E-state index contributed by atoms with van der Waals surface area (Å²) in [6.07, 6.45) is 0. The van der Waals surface area contributed by atoms with Crippen molar-refractivity contribution in [2.24, 2.45) is 9.98 Å². The Balaban J connectivity index is 0.000000291. The lowest BCUT2D eigenvalue weighted by Crippen LogP contribution is -2.02. The van der Waals surface area contributed by atoms with Crippen molar-refractivity contribution in [3.63, 3.8) is 0 Å². The van der Waals surface area contributed by atoms with Crippen molar-refractivity contribution < 1.29 is 0 Å². The summed E-state index contributed by atoms with van der Waals surface area (Å²) in [6.45, 7) is 9.75. The molecule has 2 aromatic heterocycles. The van der Waals surface area contributed by atoms with Gasteiger partial charge in [-0.05, 0) is 49.0 Å². The first kappa shape index (κ1) is 28.8. The Kier molecular flexibility index (Phi) is 7.84. The van der Waals surface area contributed by atoms with Crippen LogP contribution < -0.4 is 0 Å². The molecule has 0 saturated carbocycles. The molecular weight excluding hydrogens is 560 g/mol. The average molecular weight is 595 g/mol. The number of para-hydroxylation sites is 3. The number of fused-ring (bicyclic) bond motifs is 7. The third-order valence-electron chi connectivity index (χ3n) is 8.52. The van der Waals surface area contributed by atoms with Gasteiger partial charge in [0, 0.05) is 32.9 Å². The number of hydrogen-bond acceptors (Lipinski definition) is 2. The van der Waals surface area contributed by atoms with Gasteiger partial charge < -0.3 is 9.13 Å². The fourth-order valence-electron chi connectivity index (χ4n) is 6.25. The van der Waals surface area contributed by atoms with Gasteiger partial charge in [-0.1, -0.05) is 134 Å².